The molecule has 0 unspecified atom stereocenters. The highest BCUT2D eigenvalue weighted by molar-refractivity contribution is 6.42. The summed E-state index contributed by atoms with van der Waals surface area (Å²) in [7, 11) is 0. The fourth-order valence-electron chi connectivity index (χ4n) is 16.6. The van der Waals surface area contributed by atoms with E-state index in [9.17, 15) is 0 Å². The summed E-state index contributed by atoms with van der Waals surface area (Å²) in [5, 5.41) is 33.5. The first kappa shape index (κ1) is 58.6. The minimum Gasteiger partial charge on any atom is -0.256 e. The van der Waals surface area contributed by atoms with Crippen LogP contribution >= 0.6 is 0 Å². The molecule has 0 amide bonds. The van der Waals surface area contributed by atoms with E-state index >= 15 is 0 Å². The second-order valence-electron chi connectivity index (χ2n) is 26.0. The molecule has 0 aliphatic carbocycles. The average molecular weight is 1330 g/mol. The Morgan fingerprint density at radius 3 is 0.587 bits per heavy atom. The fourth-order valence-corrected chi connectivity index (χ4v) is 16.6. The number of hydrogen-bond acceptors (Lipinski definition) is 12. The third kappa shape index (κ3) is 8.79. The molecule has 24 aromatic rings. The molecule has 480 valence electrons. The van der Waals surface area contributed by atoms with Crippen LogP contribution in [-0.2, 0) is 0 Å². The van der Waals surface area contributed by atoms with E-state index in [1.807, 2.05) is 24.5 Å². The molecular weight excluding hydrogens is 1270 g/mol. The Labute approximate surface area is 590 Å². The van der Waals surface area contributed by atoms with Crippen LogP contribution in [0, 0.1) is 0 Å². The molecule has 12 heteroatoms. The molecule has 0 aliphatic heterocycles. The maximum atomic E-state index is 4.75. The van der Waals surface area contributed by atoms with Crippen LogP contribution < -0.4 is 0 Å². The largest absolute Gasteiger partial charge is 0.256 e. The van der Waals surface area contributed by atoms with Gasteiger partial charge in [0.2, 0.25) is 0 Å². The van der Waals surface area contributed by atoms with Crippen molar-refractivity contribution in [1.82, 2.24) is 59.8 Å². The predicted molar refractivity (Wildman–Crippen MR) is 429 cm³/mol. The standard InChI is InChI=1S/C24H14N2.2C23H13N3.C22H12N4/c1-3-9-17-15(7-1)16-8-2-4-10-18(16)22-21(17)19-11-5-6-12-20(19)23-24(22)26-14-13-25-23;1-3-8-16-14(6-1)15-7-2-4-9-17(15)20-19(16)21-18(10-5-11-24-21)22-23(20)26-13-12-25-22;1-3-8-16-14(6-1)15-7-2-4-9-17(15)20-19(16)18-10-5-11-24-21(18)23-22(20)25-12-13-26-23;1-3-7-15-13(5-1)14-6-2-4-8-16(14)18-17(15)19-21(25-11-9-23-19)22-20(18)24-10-12-26-22/h1-14H;2*1-13H;1-12H. The van der Waals surface area contributed by atoms with Crippen LogP contribution in [0.3, 0.4) is 0 Å². The lowest BCUT2D eigenvalue weighted by Gasteiger charge is -2.14. The van der Waals surface area contributed by atoms with Crippen molar-refractivity contribution in [3.8, 4) is 0 Å². The number of benzene rings is 17. The summed E-state index contributed by atoms with van der Waals surface area (Å²) in [6.45, 7) is 0. The quantitative estimate of drug-likeness (QED) is 0.133. The van der Waals surface area contributed by atoms with Crippen molar-refractivity contribution in [3.63, 3.8) is 0 Å². The van der Waals surface area contributed by atoms with Crippen molar-refractivity contribution in [2.24, 2.45) is 0 Å². The number of aromatic nitrogens is 12. The van der Waals surface area contributed by atoms with Gasteiger partial charge in [-0.1, -0.05) is 224 Å². The lowest BCUT2D eigenvalue weighted by Crippen LogP contribution is -1.94. The van der Waals surface area contributed by atoms with Gasteiger partial charge in [0.25, 0.3) is 0 Å². The lowest BCUT2D eigenvalue weighted by atomic mass is 9.90. The van der Waals surface area contributed by atoms with Crippen molar-refractivity contribution in [2.75, 3.05) is 0 Å². The predicted octanol–water partition coefficient (Wildman–Crippen LogP) is 22.6. The second kappa shape index (κ2) is 23.7. The minimum absolute atomic E-state index is 0.795. The Morgan fingerprint density at radius 2 is 0.260 bits per heavy atom. The first-order valence-corrected chi connectivity index (χ1v) is 34.6. The fraction of sp³-hybridized carbons (Fsp3) is 0. The summed E-state index contributed by atoms with van der Waals surface area (Å²) in [4.78, 5) is 56.1. The van der Waals surface area contributed by atoms with Crippen molar-refractivity contribution in [3.05, 3.63) is 317 Å². The van der Waals surface area contributed by atoms with Crippen molar-refractivity contribution < 1.29 is 0 Å². The topological polar surface area (TPSA) is 155 Å². The highest BCUT2D eigenvalue weighted by atomic mass is 14.8. The molecule has 0 saturated heterocycles. The zero-order valence-corrected chi connectivity index (χ0v) is 55.4. The zero-order valence-electron chi connectivity index (χ0n) is 55.4. The molecule has 0 fully saturated rings. The molecule has 0 aliphatic rings. The molecule has 7 aromatic heterocycles. The van der Waals surface area contributed by atoms with Gasteiger partial charge in [-0.25, -0.2) is 0 Å². The number of pyridine rings is 2. The Hall–Kier alpha value is -14.4. The van der Waals surface area contributed by atoms with Gasteiger partial charge in [0.1, 0.15) is 16.6 Å². The van der Waals surface area contributed by atoms with Crippen LogP contribution in [0.4, 0.5) is 0 Å². The number of fused-ring (bicyclic) bond motifs is 44. The molecule has 17 aromatic carbocycles. The minimum atomic E-state index is 0.795. The highest BCUT2D eigenvalue weighted by Gasteiger charge is 2.23. The summed E-state index contributed by atoms with van der Waals surface area (Å²) < 4.78 is 0. The molecule has 0 N–H and O–H groups in total. The molecule has 0 saturated carbocycles. The first-order valence-electron chi connectivity index (χ1n) is 34.6. The average Bonchev–Trinajstić information content (AvgIpc) is 0.733. The summed E-state index contributed by atoms with van der Waals surface area (Å²) in [5.41, 5.74) is 10.8. The van der Waals surface area contributed by atoms with Crippen LogP contribution in [0.1, 0.15) is 0 Å². The molecule has 0 bridgehead atoms. The van der Waals surface area contributed by atoms with Crippen LogP contribution in [0.25, 0.3) is 217 Å². The van der Waals surface area contributed by atoms with E-state index in [1.54, 1.807) is 62.0 Å². The van der Waals surface area contributed by atoms with E-state index in [2.05, 4.69) is 270 Å². The third-order valence-electron chi connectivity index (χ3n) is 20.7. The highest BCUT2D eigenvalue weighted by Crippen LogP contribution is 2.47. The molecule has 24 rings (SSSR count). The van der Waals surface area contributed by atoms with E-state index in [0.717, 1.165) is 109 Å². The van der Waals surface area contributed by atoms with Crippen LogP contribution in [0.15, 0.2) is 317 Å². The van der Waals surface area contributed by atoms with Gasteiger partial charge in [-0.2, -0.15) is 0 Å². The Balaban J connectivity index is 0.0000000896. The number of nitrogens with zero attached hydrogens (tertiary/aromatic N) is 12. The van der Waals surface area contributed by atoms with E-state index in [1.165, 1.54) is 108 Å². The number of rotatable bonds is 0. The normalized spacial score (nSPS) is 11.8. The molecule has 0 radical (unpaired) electrons. The van der Waals surface area contributed by atoms with Crippen molar-refractivity contribution >= 4 is 217 Å². The second-order valence-corrected chi connectivity index (χ2v) is 26.0. The molecule has 12 nitrogen and oxygen atoms in total. The molecule has 7 heterocycles. The van der Waals surface area contributed by atoms with Gasteiger partial charge in [-0.05, 0) is 110 Å². The van der Waals surface area contributed by atoms with E-state index < -0.39 is 0 Å². The van der Waals surface area contributed by atoms with Crippen LogP contribution in [-0.4, -0.2) is 59.8 Å². The maximum absolute atomic E-state index is 4.75. The summed E-state index contributed by atoms with van der Waals surface area (Å²) in [6, 6.07) is 85.2. The van der Waals surface area contributed by atoms with E-state index in [4.69, 9.17) is 19.9 Å². The van der Waals surface area contributed by atoms with Gasteiger partial charge < -0.3 is 0 Å². The summed E-state index contributed by atoms with van der Waals surface area (Å²) in [5.74, 6) is 0. The van der Waals surface area contributed by atoms with Crippen LogP contribution in [0.2, 0.25) is 0 Å². The zero-order chi connectivity index (χ0) is 68.3. The Bertz CT molecular complexity index is 5970. The lowest BCUT2D eigenvalue weighted by molar-refractivity contribution is 1.27. The maximum Gasteiger partial charge on any atom is 0.117 e. The Morgan fingerprint density at radius 1 is 0.0962 bits per heavy atom. The Kier molecular flexibility index (Phi) is 13.3. The number of hydrogen-bond donors (Lipinski definition) is 0. The smallest absolute Gasteiger partial charge is 0.117 e. The monoisotopic (exact) mass is 1320 g/mol. The van der Waals surface area contributed by atoms with E-state index in [0.29, 0.717) is 0 Å². The van der Waals surface area contributed by atoms with Gasteiger partial charge in [0, 0.05) is 134 Å². The third-order valence-corrected chi connectivity index (χ3v) is 20.7. The van der Waals surface area contributed by atoms with Crippen LogP contribution in [0.5, 0.6) is 0 Å². The van der Waals surface area contributed by atoms with Gasteiger partial charge in [0.05, 0.1) is 49.7 Å². The first-order chi connectivity index (χ1) is 51.7. The van der Waals surface area contributed by atoms with E-state index in [-0.39, 0.29) is 0 Å². The van der Waals surface area contributed by atoms with Gasteiger partial charge in [0.15, 0.2) is 0 Å². The SMILES string of the molecule is c1ccc2c(c1)c1ccccc1c1c3nccnc3c3ccccc3c21.c1ccc2c(c1)c1ccccc1c1c3nccnc3c3cccnc3c21.c1ccc2c(c1)c1ccccc1c1c3nccnc3c3ncccc3c21.c1ccc2c(c1)c1ccccc1c1c3nccnc3c3nccnc3c21. The molecule has 0 atom stereocenters. The molecule has 104 heavy (non-hydrogen) atoms. The van der Waals surface area contributed by atoms with Gasteiger partial charge in [-0.3, -0.25) is 59.8 Å². The van der Waals surface area contributed by atoms with Crippen molar-refractivity contribution in [1.29, 1.82) is 0 Å². The van der Waals surface area contributed by atoms with Gasteiger partial charge >= 0.3 is 0 Å². The summed E-state index contributed by atoms with van der Waals surface area (Å²) in [6.07, 6.45) is 21.2. The molecular formula is C92H52N12. The molecule has 0 spiro atoms. The summed E-state index contributed by atoms with van der Waals surface area (Å²) >= 11 is 0. The van der Waals surface area contributed by atoms with Gasteiger partial charge in [-0.15, -0.1) is 0 Å². The van der Waals surface area contributed by atoms with Crippen molar-refractivity contribution in [2.45, 2.75) is 0 Å².